The first-order valence-electron chi connectivity index (χ1n) is 8.85. The largest absolute Gasteiger partial charge is 0.350 e. The summed E-state index contributed by atoms with van der Waals surface area (Å²) < 4.78 is 26.6. The number of benzene rings is 2. The summed E-state index contributed by atoms with van der Waals surface area (Å²) in [7, 11) is -3.45. The molecule has 0 heterocycles. The Morgan fingerprint density at radius 2 is 1.69 bits per heavy atom. The van der Waals surface area contributed by atoms with Crippen LogP contribution in [0.2, 0.25) is 0 Å². The van der Waals surface area contributed by atoms with Gasteiger partial charge in [-0.25, -0.2) is 13.1 Å². The molecule has 0 unspecified atom stereocenters. The van der Waals surface area contributed by atoms with E-state index in [-0.39, 0.29) is 16.8 Å². The summed E-state index contributed by atoms with van der Waals surface area (Å²) in [5.74, 6) is -0.0253. The third-order valence-corrected chi connectivity index (χ3v) is 5.57. The van der Waals surface area contributed by atoms with Crippen LogP contribution in [-0.4, -0.2) is 20.9 Å². The lowest BCUT2D eigenvalue weighted by atomic mass is 10.1. The number of aryl methyl sites for hydroxylation is 1. The predicted octanol–water partition coefficient (Wildman–Crippen LogP) is 3.18. The second kappa shape index (κ2) is 9.50. The number of hydrogen-bond acceptors (Lipinski definition) is 3. The van der Waals surface area contributed by atoms with Crippen molar-refractivity contribution in [1.82, 2.24) is 10.0 Å². The Labute approximate surface area is 155 Å². The number of carbonyl (C=O) groups excluding carboxylic acids is 1. The first kappa shape index (κ1) is 20.1. The van der Waals surface area contributed by atoms with Crippen LogP contribution in [0.1, 0.15) is 43.9 Å². The van der Waals surface area contributed by atoms with E-state index in [1.807, 2.05) is 44.2 Å². The molecular weight excluding hydrogens is 348 g/mol. The van der Waals surface area contributed by atoms with E-state index in [0.717, 1.165) is 17.5 Å². The highest BCUT2D eigenvalue weighted by atomic mass is 32.2. The molecular formula is C20H26N2O3S. The molecule has 5 nitrogen and oxygen atoms in total. The predicted molar refractivity (Wildman–Crippen MR) is 103 cm³/mol. The summed E-state index contributed by atoms with van der Waals surface area (Å²) in [5.41, 5.74) is 2.00. The second-order valence-electron chi connectivity index (χ2n) is 6.24. The molecule has 140 valence electrons. The molecule has 0 fully saturated rings. The first-order valence-corrected chi connectivity index (χ1v) is 10.3. The number of amides is 1. The molecule has 0 aliphatic carbocycles. The molecule has 0 bridgehead atoms. The van der Waals surface area contributed by atoms with Gasteiger partial charge in [-0.05, 0) is 43.0 Å². The summed E-state index contributed by atoms with van der Waals surface area (Å²) in [6, 6.07) is 16.4. The molecule has 0 radical (unpaired) electrons. The number of hydrogen-bond donors (Lipinski definition) is 2. The normalized spacial score (nSPS) is 12.5. The molecule has 0 saturated carbocycles. The van der Waals surface area contributed by atoms with Gasteiger partial charge in [0.25, 0.3) is 0 Å². The molecule has 0 aliphatic heterocycles. The zero-order valence-electron chi connectivity index (χ0n) is 15.2. The first-order chi connectivity index (χ1) is 12.4. The summed E-state index contributed by atoms with van der Waals surface area (Å²) >= 11 is 0. The van der Waals surface area contributed by atoms with Gasteiger partial charge in [0, 0.05) is 13.0 Å². The van der Waals surface area contributed by atoms with E-state index in [2.05, 4.69) is 10.0 Å². The Hall–Kier alpha value is -2.18. The fraction of sp³-hybridized carbons (Fsp3) is 0.350. The maximum Gasteiger partial charge on any atom is 0.240 e. The maximum absolute atomic E-state index is 12.1. The van der Waals surface area contributed by atoms with E-state index in [1.54, 1.807) is 24.3 Å². The lowest BCUT2D eigenvalue weighted by Gasteiger charge is -2.14. The fourth-order valence-corrected chi connectivity index (χ4v) is 3.69. The van der Waals surface area contributed by atoms with Crippen LogP contribution in [0.25, 0.3) is 0 Å². The Kier molecular flexibility index (Phi) is 7.36. The molecule has 2 aromatic carbocycles. The van der Waals surface area contributed by atoms with Crippen molar-refractivity contribution in [1.29, 1.82) is 0 Å². The van der Waals surface area contributed by atoms with Gasteiger partial charge >= 0.3 is 0 Å². The fourth-order valence-electron chi connectivity index (χ4n) is 2.55. The van der Waals surface area contributed by atoms with E-state index >= 15 is 0 Å². The van der Waals surface area contributed by atoms with Crippen molar-refractivity contribution in [3.8, 4) is 0 Å². The molecule has 0 saturated heterocycles. The molecule has 1 amide bonds. The van der Waals surface area contributed by atoms with Crippen LogP contribution in [0.4, 0.5) is 0 Å². The van der Waals surface area contributed by atoms with Crippen molar-refractivity contribution < 1.29 is 13.2 Å². The van der Waals surface area contributed by atoms with Crippen LogP contribution in [0.3, 0.4) is 0 Å². The van der Waals surface area contributed by atoms with Crippen LogP contribution in [0, 0.1) is 0 Å². The van der Waals surface area contributed by atoms with Crippen molar-refractivity contribution in [2.75, 3.05) is 6.54 Å². The number of carbonyl (C=O) groups is 1. The minimum atomic E-state index is -3.45. The average molecular weight is 375 g/mol. The average Bonchev–Trinajstić information content (AvgIpc) is 2.66. The summed E-state index contributed by atoms with van der Waals surface area (Å²) in [5, 5.41) is 2.98. The Morgan fingerprint density at radius 1 is 1.04 bits per heavy atom. The van der Waals surface area contributed by atoms with Crippen molar-refractivity contribution in [3.05, 3.63) is 65.7 Å². The highest BCUT2D eigenvalue weighted by Gasteiger charge is 2.13. The highest BCUT2D eigenvalue weighted by Crippen LogP contribution is 2.14. The number of sulfonamides is 1. The van der Waals surface area contributed by atoms with E-state index in [9.17, 15) is 13.2 Å². The van der Waals surface area contributed by atoms with Gasteiger partial charge in [0.1, 0.15) is 0 Å². The van der Waals surface area contributed by atoms with Crippen LogP contribution in [0.5, 0.6) is 0 Å². The van der Waals surface area contributed by atoms with Crippen LogP contribution in [0.15, 0.2) is 59.5 Å². The minimum absolute atomic E-state index is 0.0253. The van der Waals surface area contributed by atoms with Crippen molar-refractivity contribution in [2.24, 2.45) is 0 Å². The molecule has 0 spiro atoms. The number of rotatable bonds is 9. The van der Waals surface area contributed by atoms with E-state index in [0.29, 0.717) is 19.4 Å². The van der Waals surface area contributed by atoms with Gasteiger partial charge in [0.15, 0.2) is 0 Å². The van der Waals surface area contributed by atoms with Crippen molar-refractivity contribution >= 4 is 15.9 Å². The molecule has 2 N–H and O–H groups in total. The van der Waals surface area contributed by atoms with E-state index in [1.165, 1.54) is 0 Å². The van der Waals surface area contributed by atoms with Crippen molar-refractivity contribution in [3.63, 3.8) is 0 Å². The quantitative estimate of drug-likeness (QED) is 0.708. The van der Waals surface area contributed by atoms with Crippen LogP contribution >= 0.6 is 0 Å². The van der Waals surface area contributed by atoms with E-state index in [4.69, 9.17) is 0 Å². The maximum atomic E-state index is 12.1. The third kappa shape index (κ3) is 5.97. The Bertz CT molecular complexity index is 803. The summed E-state index contributed by atoms with van der Waals surface area (Å²) in [6.07, 6.45) is 1.67. The van der Waals surface area contributed by atoms with Gasteiger partial charge in [-0.2, -0.15) is 0 Å². The van der Waals surface area contributed by atoms with Crippen molar-refractivity contribution in [2.45, 2.75) is 44.0 Å². The minimum Gasteiger partial charge on any atom is -0.350 e. The molecule has 2 rings (SSSR count). The monoisotopic (exact) mass is 374 g/mol. The molecule has 0 aliphatic rings. The van der Waals surface area contributed by atoms with Gasteiger partial charge in [-0.15, -0.1) is 0 Å². The van der Waals surface area contributed by atoms with Gasteiger partial charge in [-0.3, -0.25) is 4.79 Å². The van der Waals surface area contributed by atoms with Gasteiger partial charge < -0.3 is 5.32 Å². The topological polar surface area (TPSA) is 75.3 Å². The second-order valence-corrected chi connectivity index (χ2v) is 8.01. The molecule has 26 heavy (non-hydrogen) atoms. The van der Waals surface area contributed by atoms with Gasteiger partial charge in [0.05, 0.1) is 10.9 Å². The smallest absolute Gasteiger partial charge is 0.240 e. The lowest BCUT2D eigenvalue weighted by Crippen LogP contribution is -2.26. The summed E-state index contributed by atoms with van der Waals surface area (Å²) in [4.78, 5) is 12.4. The highest BCUT2D eigenvalue weighted by molar-refractivity contribution is 7.89. The Morgan fingerprint density at radius 3 is 2.31 bits per heavy atom. The Balaban J connectivity index is 1.86. The molecule has 0 aromatic heterocycles. The molecule has 2 aromatic rings. The zero-order chi connectivity index (χ0) is 19.0. The third-order valence-electron chi connectivity index (χ3n) is 4.09. The molecule has 6 heteroatoms. The molecule has 1 atom stereocenters. The van der Waals surface area contributed by atoms with Crippen LogP contribution < -0.4 is 10.0 Å². The van der Waals surface area contributed by atoms with Gasteiger partial charge in [0.2, 0.25) is 15.9 Å². The zero-order valence-corrected chi connectivity index (χ0v) is 16.1. The summed E-state index contributed by atoms with van der Waals surface area (Å²) in [6.45, 7) is 4.29. The lowest BCUT2D eigenvalue weighted by molar-refractivity contribution is -0.121. The SMILES string of the molecule is CCCNS(=O)(=O)c1ccc(CCC(=O)N[C@@H](C)c2ccccc2)cc1. The van der Waals surface area contributed by atoms with Crippen LogP contribution in [-0.2, 0) is 21.2 Å². The standard InChI is InChI=1S/C20H26N2O3S/c1-3-15-21-26(24,25)19-12-9-17(10-13-19)11-14-20(23)22-16(2)18-7-5-4-6-8-18/h4-10,12-13,16,21H,3,11,14-15H2,1-2H3,(H,22,23)/t16-/m0/s1. The van der Waals surface area contributed by atoms with E-state index < -0.39 is 10.0 Å². The number of nitrogens with one attached hydrogen (secondary N) is 2. The van der Waals surface area contributed by atoms with Gasteiger partial charge in [-0.1, -0.05) is 49.4 Å².